The lowest BCUT2D eigenvalue weighted by atomic mass is 10.1. The summed E-state index contributed by atoms with van der Waals surface area (Å²) in [5.74, 6) is -2.92. The van der Waals surface area contributed by atoms with Crippen LogP contribution in [0, 0.1) is 0 Å². The van der Waals surface area contributed by atoms with Gasteiger partial charge in [-0.25, -0.2) is 0 Å². The van der Waals surface area contributed by atoms with E-state index in [-0.39, 0.29) is 12.1 Å². The molecule has 0 aliphatic carbocycles. The van der Waals surface area contributed by atoms with Gasteiger partial charge < -0.3 is 4.74 Å². The van der Waals surface area contributed by atoms with E-state index in [2.05, 4.69) is 0 Å². The van der Waals surface area contributed by atoms with Gasteiger partial charge in [0, 0.05) is 18.7 Å². The first-order valence-electron chi connectivity index (χ1n) is 6.29. The molecule has 18 heavy (non-hydrogen) atoms. The molecule has 0 saturated carbocycles. The molecule has 0 aliphatic heterocycles. The molecule has 0 N–H and O–H groups in total. The first kappa shape index (κ1) is 15.1. The molecule has 0 saturated heterocycles. The Hall–Kier alpha value is -1.00. The van der Waals surface area contributed by atoms with Crippen LogP contribution < -0.4 is 5.73 Å². The van der Waals surface area contributed by atoms with Crippen LogP contribution in [0.5, 0.6) is 0 Å². The van der Waals surface area contributed by atoms with Gasteiger partial charge in [-0.05, 0) is 12.8 Å². The minimum Gasteiger partial charge on any atom is -0.375 e. The Morgan fingerprint density at radius 1 is 1.00 bits per heavy atom. The van der Waals surface area contributed by atoms with E-state index in [0.29, 0.717) is 6.61 Å². The van der Waals surface area contributed by atoms with Crippen LogP contribution >= 0.6 is 0 Å². The average Bonchev–Trinajstić information content (AvgIpc) is 2.39. The van der Waals surface area contributed by atoms with Crippen molar-refractivity contribution in [2.45, 2.75) is 31.6 Å². The fourth-order valence-electron chi connectivity index (χ4n) is 1.64. The number of alkyl halides is 2. The standard InChI is InChI=1S/C14H19F2NO/c15-14(16,13-8-4-3-5-9-13)12-18-11-7-2-1-6-10-17/h3-5,8-9H,1-2,6-7,10-12H2. The van der Waals surface area contributed by atoms with E-state index in [0.717, 1.165) is 25.7 Å². The summed E-state index contributed by atoms with van der Waals surface area (Å²) >= 11 is 0. The quantitative estimate of drug-likeness (QED) is 0.622. The normalized spacial score (nSPS) is 11.7. The second kappa shape index (κ2) is 8.16. The number of unbranched alkanes of at least 4 members (excludes halogenated alkanes) is 3. The van der Waals surface area contributed by atoms with E-state index >= 15 is 0 Å². The Labute approximate surface area is 107 Å². The summed E-state index contributed by atoms with van der Waals surface area (Å²) in [6.45, 7) is -0.0438. The molecule has 0 unspecified atom stereocenters. The second-order valence-electron chi connectivity index (χ2n) is 4.26. The third-order valence-corrected chi connectivity index (χ3v) is 2.68. The number of nitrogens with zero attached hydrogens (tertiary/aromatic N) is 1. The lowest BCUT2D eigenvalue weighted by Crippen LogP contribution is -2.21. The van der Waals surface area contributed by atoms with Crippen LogP contribution in [-0.2, 0) is 10.7 Å². The molecule has 0 bridgehead atoms. The maximum absolute atomic E-state index is 13.6. The van der Waals surface area contributed by atoms with Crippen molar-refractivity contribution in [1.29, 1.82) is 0 Å². The van der Waals surface area contributed by atoms with Crippen molar-refractivity contribution < 1.29 is 13.5 Å². The minimum absolute atomic E-state index is 0.00900. The molecular weight excluding hydrogens is 236 g/mol. The molecule has 1 aromatic carbocycles. The van der Waals surface area contributed by atoms with E-state index in [1.165, 1.54) is 12.1 Å². The number of benzene rings is 1. The third-order valence-electron chi connectivity index (χ3n) is 2.68. The van der Waals surface area contributed by atoms with E-state index in [1.54, 1.807) is 18.2 Å². The van der Waals surface area contributed by atoms with Crippen LogP contribution in [0.4, 0.5) is 8.78 Å². The summed E-state index contributed by atoms with van der Waals surface area (Å²) in [4.78, 5) is 0. The monoisotopic (exact) mass is 255 g/mol. The van der Waals surface area contributed by atoms with Crippen LogP contribution in [-0.4, -0.2) is 19.8 Å². The molecule has 0 spiro atoms. The Morgan fingerprint density at radius 3 is 2.33 bits per heavy atom. The Balaban J connectivity index is 2.18. The molecule has 0 aliphatic rings. The molecule has 1 aromatic rings. The smallest absolute Gasteiger partial charge is 0.296 e. The van der Waals surface area contributed by atoms with Gasteiger partial charge in [0.1, 0.15) is 6.61 Å². The van der Waals surface area contributed by atoms with Crippen molar-refractivity contribution in [1.82, 2.24) is 5.73 Å². The van der Waals surface area contributed by atoms with Crippen molar-refractivity contribution in [3.8, 4) is 0 Å². The fraction of sp³-hybridized carbons (Fsp3) is 0.571. The van der Waals surface area contributed by atoms with Crippen LogP contribution in [0.3, 0.4) is 0 Å². The van der Waals surface area contributed by atoms with E-state index in [4.69, 9.17) is 10.5 Å². The highest BCUT2D eigenvalue weighted by Crippen LogP contribution is 2.27. The fourth-order valence-corrected chi connectivity index (χ4v) is 1.64. The van der Waals surface area contributed by atoms with Crippen molar-refractivity contribution in [3.63, 3.8) is 0 Å². The summed E-state index contributed by atoms with van der Waals surface area (Å²) < 4.78 is 32.3. The molecule has 0 aromatic heterocycles. The summed E-state index contributed by atoms with van der Waals surface area (Å²) in [6, 6.07) is 7.72. The topological polar surface area (TPSA) is 31.5 Å². The van der Waals surface area contributed by atoms with Gasteiger partial charge in [0.2, 0.25) is 0 Å². The highest BCUT2D eigenvalue weighted by molar-refractivity contribution is 5.19. The molecule has 2 nitrogen and oxygen atoms in total. The van der Waals surface area contributed by atoms with Gasteiger partial charge in [-0.2, -0.15) is 8.78 Å². The second-order valence-corrected chi connectivity index (χ2v) is 4.26. The van der Waals surface area contributed by atoms with Crippen LogP contribution in [0.1, 0.15) is 31.2 Å². The molecule has 0 fully saturated rings. The predicted octanol–water partition coefficient (Wildman–Crippen LogP) is 3.42. The number of hydrogen-bond donors (Lipinski definition) is 0. The van der Waals surface area contributed by atoms with Gasteiger partial charge in [0.05, 0.1) is 0 Å². The lowest BCUT2D eigenvalue weighted by Gasteiger charge is -2.16. The molecule has 0 heterocycles. The van der Waals surface area contributed by atoms with Crippen molar-refractivity contribution in [2.24, 2.45) is 0 Å². The molecule has 1 rings (SSSR count). The molecular formula is C14H19F2NO. The van der Waals surface area contributed by atoms with Gasteiger partial charge >= 0.3 is 0 Å². The molecule has 2 radical (unpaired) electrons. The summed E-state index contributed by atoms with van der Waals surface area (Å²) in [6.07, 6.45) is 3.33. The number of hydrogen-bond acceptors (Lipinski definition) is 1. The molecule has 100 valence electrons. The number of halogens is 2. The maximum Gasteiger partial charge on any atom is 0.296 e. The Morgan fingerprint density at radius 2 is 1.67 bits per heavy atom. The third kappa shape index (κ3) is 5.56. The van der Waals surface area contributed by atoms with Gasteiger partial charge in [-0.3, -0.25) is 0 Å². The lowest BCUT2D eigenvalue weighted by molar-refractivity contribution is -0.0831. The molecule has 0 atom stereocenters. The zero-order valence-corrected chi connectivity index (χ0v) is 10.4. The Bertz CT molecular complexity index is 317. The maximum atomic E-state index is 13.6. The SMILES string of the molecule is [N]CCCCCCOCC(F)(F)c1ccccc1. The van der Waals surface area contributed by atoms with Crippen LogP contribution in [0.2, 0.25) is 0 Å². The molecule has 4 heteroatoms. The van der Waals surface area contributed by atoms with Crippen molar-refractivity contribution in [3.05, 3.63) is 35.9 Å². The zero-order valence-electron chi connectivity index (χ0n) is 10.4. The first-order valence-corrected chi connectivity index (χ1v) is 6.29. The highest BCUT2D eigenvalue weighted by atomic mass is 19.3. The number of ether oxygens (including phenoxy) is 1. The Kier molecular flexibility index (Phi) is 6.83. The van der Waals surface area contributed by atoms with E-state index in [1.807, 2.05) is 0 Å². The zero-order chi connectivity index (χ0) is 13.3. The van der Waals surface area contributed by atoms with Gasteiger partial charge in [-0.15, -0.1) is 5.73 Å². The predicted molar refractivity (Wildman–Crippen MR) is 66.6 cm³/mol. The van der Waals surface area contributed by atoms with Crippen LogP contribution in [0.15, 0.2) is 30.3 Å². The highest BCUT2D eigenvalue weighted by Gasteiger charge is 2.31. The van der Waals surface area contributed by atoms with Crippen molar-refractivity contribution in [2.75, 3.05) is 19.8 Å². The van der Waals surface area contributed by atoms with E-state index < -0.39 is 12.5 Å². The summed E-state index contributed by atoms with van der Waals surface area (Å²) in [5.41, 5.74) is 8.56. The van der Waals surface area contributed by atoms with Crippen LogP contribution in [0.25, 0.3) is 0 Å². The van der Waals surface area contributed by atoms with E-state index in [9.17, 15) is 8.78 Å². The largest absolute Gasteiger partial charge is 0.375 e. The summed E-state index contributed by atoms with van der Waals surface area (Å²) in [5, 5.41) is 0. The number of rotatable bonds is 9. The minimum atomic E-state index is -2.92. The molecule has 0 amide bonds. The average molecular weight is 255 g/mol. The van der Waals surface area contributed by atoms with Crippen molar-refractivity contribution >= 4 is 0 Å². The summed E-state index contributed by atoms with van der Waals surface area (Å²) in [7, 11) is 0. The first-order chi connectivity index (χ1) is 8.67. The van der Waals surface area contributed by atoms with Gasteiger partial charge in [0.25, 0.3) is 5.92 Å². The van der Waals surface area contributed by atoms with Gasteiger partial charge in [0.15, 0.2) is 0 Å². The van der Waals surface area contributed by atoms with Gasteiger partial charge in [-0.1, -0.05) is 43.2 Å².